The molecular formula is C21H24N2O5. The number of hydrogen-bond donors (Lipinski definition) is 1. The minimum Gasteiger partial charge on any atom is -0.463 e. The first-order chi connectivity index (χ1) is 13.2. The van der Waals surface area contributed by atoms with E-state index in [2.05, 4.69) is 5.32 Å². The van der Waals surface area contributed by atoms with Gasteiger partial charge in [0.2, 0.25) is 0 Å². The molecule has 148 valence electrons. The lowest BCUT2D eigenvalue weighted by Crippen LogP contribution is -2.31. The summed E-state index contributed by atoms with van der Waals surface area (Å²) in [7, 11) is 0. The molecule has 2 rings (SSSR count). The number of carbonyl (C=O) groups excluding carboxylic acids is 2. The van der Waals surface area contributed by atoms with Crippen molar-refractivity contribution in [2.45, 2.75) is 46.3 Å². The second-order valence-electron chi connectivity index (χ2n) is 6.89. The van der Waals surface area contributed by atoms with E-state index in [9.17, 15) is 19.7 Å². The van der Waals surface area contributed by atoms with Crippen LogP contribution in [0.3, 0.4) is 0 Å². The van der Waals surface area contributed by atoms with E-state index in [1.807, 2.05) is 31.2 Å². The molecule has 1 amide bonds. The first kappa shape index (κ1) is 21.1. The second-order valence-corrected chi connectivity index (χ2v) is 6.89. The fraction of sp³-hybridized carbons (Fsp3) is 0.333. The normalized spacial score (nSPS) is 11.8. The molecule has 1 N–H and O–H groups in total. The fourth-order valence-electron chi connectivity index (χ4n) is 2.83. The van der Waals surface area contributed by atoms with Crippen LogP contribution in [0.1, 0.15) is 53.4 Å². The van der Waals surface area contributed by atoms with Gasteiger partial charge >= 0.3 is 5.97 Å². The number of nitro groups is 1. The Balaban J connectivity index is 2.30. The molecule has 0 aromatic heterocycles. The lowest BCUT2D eigenvalue weighted by molar-refractivity contribution is -0.385. The molecule has 0 spiro atoms. The van der Waals surface area contributed by atoms with Gasteiger partial charge in [-0.05, 0) is 39.3 Å². The third kappa shape index (κ3) is 5.39. The average Bonchev–Trinajstić information content (AvgIpc) is 2.61. The molecule has 0 radical (unpaired) electrons. The number of nitrogens with zero attached hydrogens (tertiary/aromatic N) is 1. The van der Waals surface area contributed by atoms with E-state index < -0.39 is 22.8 Å². The maximum Gasteiger partial charge on any atom is 0.308 e. The van der Waals surface area contributed by atoms with Crippen molar-refractivity contribution in [3.63, 3.8) is 0 Å². The zero-order valence-corrected chi connectivity index (χ0v) is 16.4. The Morgan fingerprint density at radius 3 is 2.32 bits per heavy atom. The van der Waals surface area contributed by atoms with E-state index in [1.54, 1.807) is 13.8 Å². The van der Waals surface area contributed by atoms with Gasteiger partial charge in [0.05, 0.1) is 23.5 Å². The Kier molecular flexibility index (Phi) is 6.87. The summed E-state index contributed by atoms with van der Waals surface area (Å²) < 4.78 is 5.21. The number of carbonyl (C=O) groups is 2. The quantitative estimate of drug-likeness (QED) is 0.441. The molecule has 0 fully saturated rings. The number of rotatable bonds is 7. The van der Waals surface area contributed by atoms with Crippen LogP contribution >= 0.6 is 0 Å². The molecular weight excluding hydrogens is 360 g/mol. The van der Waals surface area contributed by atoms with E-state index in [1.165, 1.54) is 25.1 Å². The van der Waals surface area contributed by atoms with Gasteiger partial charge in [-0.3, -0.25) is 19.7 Å². The van der Waals surface area contributed by atoms with E-state index in [0.717, 1.165) is 11.1 Å². The Hall–Kier alpha value is -3.22. The number of hydrogen-bond acceptors (Lipinski definition) is 5. The number of ether oxygens (including phenoxy) is 1. The molecule has 1 unspecified atom stereocenters. The Morgan fingerprint density at radius 1 is 1.11 bits per heavy atom. The summed E-state index contributed by atoms with van der Waals surface area (Å²) in [6, 6.07) is 11.2. The summed E-state index contributed by atoms with van der Waals surface area (Å²) >= 11 is 0. The Labute approximate surface area is 163 Å². The van der Waals surface area contributed by atoms with E-state index in [4.69, 9.17) is 4.74 Å². The number of esters is 1. The lowest BCUT2D eigenvalue weighted by atomic mass is 10.0. The fourth-order valence-corrected chi connectivity index (χ4v) is 2.83. The highest BCUT2D eigenvalue weighted by Crippen LogP contribution is 2.23. The van der Waals surface area contributed by atoms with Gasteiger partial charge in [0.1, 0.15) is 0 Å². The summed E-state index contributed by atoms with van der Waals surface area (Å²) in [6.45, 7) is 6.98. The largest absolute Gasteiger partial charge is 0.463 e. The highest BCUT2D eigenvalue weighted by Gasteiger charge is 2.23. The predicted octanol–water partition coefficient (Wildman–Crippen LogP) is 4.02. The summed E-state index contributed by atoms with van der Waals surface area (Å²) in [6.07, 6.45) is -0.304. The molecule has 28 heavy (non-hydrogen) atoms. The van der Waals surface area contributed by atoms with Crippen molar-refractivity contribution in [3.8, 4) is 0 Å². The first-order valence-corrected chi connectivity index (χ1v) is 9.00. The van der Waals surface area contributed by atoms with Crippen LogP contribution in [0.5, 0.6) is 0 Å². The van der Waals surface area contributed by atoms with E-state index >= 15 is 0 Å². The number of nitro benzene ring substituents is 1. The minimum absolute atomic E-state index is 0.0407. The molecule has 0 heterocycles. The van der Waals surface area contributed by atoms with Gasteiger partial charge < -0.3 is 10.1 Å². The van der Waals surface area contributed by atoms with Crippen LogP contribution in [0.25, 0.3) is 0 Å². The van der Waals surface area contributed by atoms with Crippen molar-refractivity contribution >= 4 is 17.6 Å². The van der Waals surface area contributed by atoms with E-state index in [0.29, 0.717) is 0 Å². The van der Waals surface area contributed by atoms with Crippen LogP contribution in [0.4, 0.5) is 5.69 Å². The van der Waals surface area contributed by atoms with E-state index in [-0.39, 0.29) is 29.3 Å². The topological polar surface area (TPSA) is 98.5 Å². The molecule has 2 aromatic carbocycles. The standard InChI is InChI=1S/C21H24N2O5/c1-13(2)28-20(24)12-18(16-10-8-14(3)9-11-16)22-21(25)17-6-5-7-19(15(17)4)23(26)27/h5-11,13,18H,12H2,1-4H3,(H,22,25). The average molecular weight is 384 g/mol. The van der Waals surface area contributed by atoms with Gasteiger partial charge in [-0.2, -0.15) is 0 Å². The number of benzene rings is 2. The summed E-state index contributed by atoms with van der Waals surface area (Å²) in [5.74, 6) is -0.916. The van der Waals surface area contributed by atoms with Crippen LogP contribution in [0, 0.1) is 24.0 Å². The van der Waals surface area contributed by atoms with Crippen molar-refractivity contribution in [2.24, 2.45) is 0 Å². The Bertz CT molecular complexity index is 875. The third-order valence-electron chi connectivity index (χ3n) is 4.27. The van der Waals surface area contributed by atoms with Gasteiger partial charge in [-0.1, -0.05) is 35.9 Å². The van der Waals surface area contributed by atoms with Crippen molar-refractivity contribution in [1.29, 1.82) is 0 Å². The van der Waals surface area contributed by atoms with Crippen LogP contribution in [0.15, 0.2) is 42.5 Å². The lowest BCUT2D eigenvalue weighted by Gasteiger charge is -2.20. The highest BCUT2D eigenvalue weighted by atomic mass is 16.6. The number of nitrogens with one attached hydrogen (secondary N) is 1. The molecule has 2 aromatic rings. The van der Waals surface area contributed by atoms with Crippen molar-refractivity contribution < 1.29 is 19.2 Å². The van der Waals surface area contributed by atoms with Crippen LogP contribution < -0.4 is 5.32 Å². The van der Waals surface area contributed by atoms with Gasteiger partial charge in [0, 0.05) is 17.2 Å². The summed E-state index contributed by atoms with van der Waals surface area (Å²) in [5.41, 5.74) is 2.15. The number of amides is 1. The molecule has 0 aliphatic carbocycles. The first-order valence-electron chi connectivity index (χ1n) is 9.00. The highest BCUT2D eigenvalue weighted by molar-refractivity contribution is 5.97. The van der Waals surface area contributed by atoms with Crippen molar-refractivity contribution in [1.82, 2.24) is 5.32 Å². The maximum atomic E-state index is 12.8. The molecule has 1 atom stereocenters. The predicted molar refractivity (Wildman–Crippen MR) is 105 cm³/mol. The third-order valence-corrected chi connectivity index (χ3v) is 4.27. The van der Waals surface area contributed by atoms with Gasteiger partial charge in [-0.15, -0.1) is 0 Å². The van der Waals surface area contributed by atoms with Crippen LogP contribution in [0.2, 0.25) is 0 Å². The van der Waals surface area contributed by atoms with Crippen molar-refractivity contribution in [2.75, 3.05) is 0 Å². The zero-order chi connectivity index (χ0) is 20.8. The van der Waals surface area contributed by atoms with Gasteiger partial charge in [0.15, 0.2) is 0 Å². The molecule has 7 nitrogen and oxygen atoms in total. The molecule has 0 saturated heterocycles. The minimum atomic E-state index is -0.613. The second kappa shape index (κ2) is 9.12. The van der Waals surface area contributed by atoms with Gasteiger partial charge in [-0.25, -0.2) is 0 Å². The summed E-state index contributed by atoms with van der Waals surface area (Å²) in [4.78, 5) is 35.6. The zero-order valence-electron chi connectivity index (χ0n) is 16.4. The van der Waals surface area contributed by atoms with Gasteiger partial charge in [0.25, 0.3) is 11.6 Å². The monoisotopic (exact) mass is 384 g/mol. The molecule has 0 aliphatic rings. The van der Waals surface area contributed by atoms with Crippen LogP contribution in [-0.4, -0.2) is 22.9 Å². The maximum absolute atomic E-state index is 12.8. The SMILES string of the molecule is Cc1ccc(C(CC(=O)OC(C)C)NC(=O)c2cccc([N+](=O)[O-])c2C)cc1. The summed E-state index contributed by atoms with van der Waals surface area (Å²) in [5, 5.41) is 14.0. The molecule has 7 heteroatoms. The number of aryl methyl sites for hydroxylation is 1. The molecule has 0 bridgehead atoms. The molecule has 0 aliphatic heterocycles. The van der Waals surface area contributed by atoms with Crippen molar-refractivity contribution in [3.05, 3.63) is 74.8 Å². The Morgan fingerprint density at radius 2 is 1.75 bits per heavy atom. The molecule has 0 saturated carbocycles. The van der Waals surface area contributed by atoms with Crippen LogP contribution in [-0.2, 0) is 9.53 Å². The smallest absolute Gasteiger partial charge is 0.308 e.